The number of aromatic hydroxyl groups is 1. The van der Waals surface area contributed by atoms with Gasteiger partial charge in [0.1, 0.15) is 11.7 Å². The first-order valence-electron chi connectivity index (χ1n) is 14.7. The molecule has 9 rings (SSSR count). The molecule has 0 aromatic heterocycles. The number of ether oxygens (including phenoxy) is 2. The van der Waals surface area contributed by atoms with Crippen molar-refractivity contribution in [3.05, 3.63) is 89.5 Å². The number of carbonyl (C=O) groups is 1. The van der Waals surface area contributed by atoms with E-state index in [1.165, 1.54) is 24.0 Å². The lowest BCUT2D eigenvalue weighted by molar-refractivity contribution is -0.203. The predicted octanol–water partition coefficient (Wildman–Crippen LogP) is 4.53. The highest BCUT2D eigenvalue weighted by molar-refractivity contribution is 5.88. The van der Waals surface area contributed by atoms with Crippen LogP contribution in [0.4, 0.5) is 0 Å². The van der Waals surface area contributed by atoms with Gasteiger partial charge in [-0.05, 0) is 61.8 Å². The van der Waals surface area contributed by atoms with Gasteiger partial charge in [-0.2, -0.15) is 0 Å². The van der Waals surface area contributed by atoms with Crippen LogP contribution in [0.15, 0.2) is 72.8 Å². The Morgan fingerprint density at radius 1 is 1.18 bits per heavy atom. The fraction of sp³-hybridized carbons (Fsp3) is 0.441. The van der Waals surface area contributed by atoms with Gasteiger partial charge < -0.3 is 19.9 Å². The Balaban J connectivity index is 1.16. The standard InChI is InChI=1S/C34H36N2O4/c1-39-34-16-15-32(20-26(34)35-28(38)10-6-5-9-22-7-3-2-4-8-22)27-19-24-13-14-25(37)30-29(24)33(32,31(34)40-30)17-18-36(27)21-23-11-12-23/h2-10,13-16,23,26-27,31,37H,11-12,17-21H2,1H3,(H,35,38)/b9-5+,10-6+/t26?,27-,31?,32-,33+,34-/m1/s1. The zero-order valence-electron chi connectivity index (χ0n) is 22.9. The van der Waals surface area contributed by atoms with E-state index in [4.69, 9.17) is 9.47 Å². The lowest BCUT2D eigenvalue weighted by atomic mass is 9.38. The van der Waals surface area contributed by atoms with Crippen molar-refractivity contribution >= 4 is 12.0 Å². The first kappa shape index (κ1) is 24.4. The van der Waals surface area contributed by atoms with Gasteiger partial charge in [0.25, 0.3) is 0 Å². The van der Waals surface area contributed by atoms with Crippen molar-refractivity contribution in [3.63, 3.8) is 0 Å². The molecule has 2 aromatic rings. The zero-order valence-corrected chi connectivity index (χ0v) is 22.9. The molecule has 206 valence electrons. The van der Waals surface area contributed by atoms with Crippen LogP contribution in [0.2, 0.25) is 0 Å². The number of methoxy groups -OCH3 is 1. The first-order valence-corrected chi connectivity index (χ1v) is 14.7. The molecule has 2 spiro atoms. The van der Waals surface area contributed by atoms with E-state index in [-0.39, 0.29) is 34.6 Å². The summed E-state index contributed by atoms with van der Waals surface area (Å²) in [6.45, 7) is 2.17. The minimum Gasteiger partial charge on any atom is -0.504 e. The van der Waals surface area contributed by atoms with Gasteiger partial charge in [-0.1, -0.05) is 66.8 Å². The maximum absolute atomic E-state index is 13.3. The second-order valence-electron chi connectivity index (χ2n) is 12.7. The van der Waals surface area contributed by atoms with Crippen LogP contribution in [0.1, 0.15) is 42.4 Å². The van der Waals surface area contributed by atoms with Crippen LogP contribution >= 0.6 is 0 Å². The Hall–Kier alpha value is -3.35. The number of rotatable bonds is 7. The predicted molar refractivity (Wildman–Crippen MR) is 153 cm³/mol. The molecule has 7 aliphatic rings. The third kappa shape index (κ3) is 3.15. The summed E-state index contributed by atoms with van der Waals surface area (Å²) in [5.41, 5.74) is 2.28. The van der Waals surface area contributed by atoms with Crippen molar-refractivity contribution in [3.8, 4) is 11.5 Å². The minimum atomic E-state index is -0.825. The Bertz CT molecular complexity index is 1460. The number of allylic oxidation sites excluding steroid dienone is 2. The van der Waals surface area contributed by atoms with Gasteiger partial charge in [0, 0.05) is 36.8 Å². The average molecular weight is 537 g/mol. The van der Waals surface area contributed by atoms with E-state index in [2.05, 4.69) is 28.4 Å². The van der Waals surface area contributed by atoms with Gasteiger partial charge in [0.05, 0.1) is 11.5 Å². The van der Waals surface area contributed by atoms with Gasteiger partial charge in [0.2, 0.25) is 5.91 Å². The highest BCUT2D eigenvalue weighted by atomic mass is 16.6. The summed E-state index contributed by atoms with van der Waals surface area (Å²) in [5, 5.41) is 14.3. The van der Waals surface area contributed by atoms with Crippen molar-refractivity contribution in [1.82, 2.24) is 10.2 Å². The number of likely N-dealkylation sites (tertiary alicyclic amines) is 1. The lowest BCUT2D eigenvalue weighted by Crippen LogP contribution is -2.82. The van der Waals surface area contributed by atoms with Crippen LogP contribution in [-0.4, -0.2) is 59.9 Å². The summed E-state index contributed by atoms with van der Waals surface area (Å²) in [6.07, 6.45) is 16.9. The molecule has 1 saturated heterocycles. The largest absolute Gasteiger partial charge is 0.504 e. The molecule has 1 amide bonds. The third-order valence-corrected chi connectivity index (χ3v) is 10.9. The molecule has 40 heavy (non-hydrogen) atoms. The Morgan fingerprint density at radius 3 is 2.83 bits per heavy atom. The van der Waals surface area contributed by atoms with Crippen LogP contribution in [0.3, 0.4) is 0 Å². The van der Waals surface area contributed by atoms with Crippen LogP contribution in [0.25, 0.3) is 6.08 Å². The molecule has 2 unspecified atom stereocenters. The Morgan fingerprint density at radius 2 is 2.02 bits per heavy atom. The first-order chi connectivity index (χ1) is 19.5. The molecule has 3 fully saturated rings. The normalized spacial score (nSPS) is 36.7. The molecule has 2 heterocycles. The molecule has 6 atom stereocenters. The van der Waals surface area contributed by atoms with Crippen molar-refractivity contribution < 1.29 is 19.4 Å². The summed E-state index contributed by atoms with van der Waals surface area (Å²) < 4.78 is 13.2. The van der Waals surface area contributed by atoms with Crippen molar-refractivity contribution in [1.29, 1.82) is 0 Å². The summed E-state index contributed by atoms with van der Waals surface area (Å²) in [6, 6.07) is 14.0. The van der Waals surface area contributed by atoms with Gasteiger partial charge >= 0.3 is 0 Å². The number of phenolic OH excluding ortho intramolecular Hbond substituents is 1. The lowest BCUT2D eigenvalue weighted by Gasteiger charge is -2.71. The molecule has 6 heteroatoms. The van der Waals surface area contributed by atoms with Crippen LogP contribution in [0.5, 0.6) is 11.5 Å². The highest BCUT2D eigenvalue weighted by Gasteiger charge is 2.79. The minimum absolute atomic E-state index is 0.139. The van der Waals surface area contributed by atoms with E-state index in [0.29, 0.717) is 11.8 Å². The number of piperidine rings is 1. The monoisotopic (exact) mass is 536 g/mol. The molecule has 6 nitrogen and oxygen atoms in total. The van der Waals surface area contributed by atoms with Gasteiger partial charge in [-0.3, -0.25) is 9.69 Å². The number of hydrogen-bond acceptors (Lipinski definition) is 5. The maximum Gasteiger partial charge on any atom is 0.244 e. The quantitative estimate of drug-likeness (QED) is 0.309. The number of nitrogens with zero attached hydrogens (tertiary/aromatic N) is 1. The van der Waals surface area contributed by atoms with E-state index in [1.54, 1.807) is 25.3 Å². The number of carbonyl (C=O) groups excluding carboxylic acids is 1. The number of hydrogen-bond donors (Lipinski definition) is 2. The van der Waals surface area contributed by atoms with Crippen LogP contribution in [-0.2, 0) is 21.4 Å². The number of phenols is 1. The summed E-state index contributed by atoms with van der Waals surface area (Å²) in [5.74, 6) is 1.50. The molecule has 2 saturated carbocycles. The number of fused-ring (bicyclic) bond motifs is 1. The van der Waals surface area contributed by atoms with Gasteiger partial charge in [-0.25, -0.2) is 0 Å². The molecular weight excluding hydrogens is 500 g/mol. The number of amides is 1. The van der Waals surface area contributed by atoms with E-state index in [0.717, 1.165) is 43.8 Å². The van der Waals surface area contributed by atoms with Crippen LogP contribution < -0.4 is 10.1 Å². The van der Waals surface area contributed by atoms with E-state index >= 15 is 0 Å². The van der Waals surface area contributed by atoms with E-state index in [1.807, 2.05) is 42.5 Å². The van der Waals surface area contributed by atoms with Gasteiger partial charge in [0.15, 0.2) is 11.5 Å². The maximum atomic E-state index is 13.3. The number of nitrogens with one attached hydrogen (secondary N) is 1. The average Bonchev–Trinajstić information content (AvgIpc) is 3.71. The molecule has 0 radical (unpaired) electrons. The Kier molecular flexibility index (Phi) is 5.24. The zero-order chi connectivity index (χ0) is 27.1. The Labute approximate surface area is 235 Å². The van der Waals surface area contributed by atoms with E-state index in [9.17, 15) is 9.90 Å². The molecule has 4 bridgehead atoms. The van der Waals surface area contributed by atoms with Crippen molar-refractivity contribution in [2.45, 2.75) is 61.3 Å². The second kappa shape index (κ2) is 8.58. The third-order valence-electron chi connectivity index (χ3n) is 10.9. The van der Waals surface area contributed by atoms with Gasteiger partial charge in [-0.15, -0.1) is 0 Å². The van der Waals surface area contributed by atoms with Crippen molar-refractivity contribution in [2.75, 3.05) is 20.2 Å². The smallest absolute Gasteiger partial charge is 0.244 e. The van der Waals surface area contributed by atoms with E-state index < -0.39 is 5.60 Å². The van der Waals surface area contributed by atoms with Crippen LogP contribution in [0, 0.1) is 11.3 Å². The van der Waals surface area contributed by atoms with Crippen molar-refractivity contribution in [2.24, 2.45) is 11.3 Å². The fourth-order valence-corrected chi connectivity index (χ4v) is 9.04. The summed E-state index contributed by atoms with van der Waals surface area (Å²) in [4.78, 5) is 16.0. The molecule has 5 aliphatic carbocycles. The summed E-state index contributed by atoms with van der Waals surface area (Å²) >= 11 is 0. The summed E-state index contributed by atoms with van der Waals surface area (Å²) in [7, 11) is 1.73. The topological polar surface area (TPSA) is 71.0 Å². The fourth-order valence-electron chi connectivity index (χ4n) is 9.04. The molecule has 2 aromatic carbocycles. The molecular formula is C34H36N2O4. The number of benzene rings is 2. The molecule has 2 N–H and O–H groups in total. The highest BCUT2D eigenvalue weighted by Crippen LogP contribution is 2.73. The SMILES string of the molecule is CO[C@]12C=C[C@@]3(CC1NC(=O)/C=C/C=C/c1ccccc1)[C@H]1Cc4ccc(O)c5c4[C@@]3(CCN1CC1CC1)C2O5. The molecule has 2 aliphatic heterocycles. The second-order valence-corrected chi connectivity index (χ2v) is 12.7.